The molecule has 0 bridgehead atoms. The topological polar surface area (TPSA) is 49.9 Å². The van der Waals surface area contributed by atoms with Crippen molar-refractivity contribution in [1.82, 2.24) is 9.80 Å². The highest BCUT2D eigenvalue weighted by atomic mass is 16.5. The van der Waals surface area contributed by atoms with Crippen LogP contribution in [0.3, 0.4) is 0 Å². The zero-order valence-electron chi connectivity index (χ0n) is 19.5. The third-order valence-corrected chi connectivity index (χ3v) is 7.74. The first kappa shape index (κ1) is 22.1. The highest BCUT2D eigenvalue weighted by Gasteiger charge is 2.48. The fraction of sp³-hybridized carbons (Fsp3) is 0.500. The number of aryl methyl sites for hydroxylation is 1. The Balaban J connectivity index is 1.27. The average Bonchev–Trinajstić information content (AvgIpc) is 3.61. The molecule has 2 aliphatic heterocycles. The monoisotopic (exact) mass is 446 g/mol. The Kier molecular flexibility index (Phi) is 6.24. The van der Waals surface area contributed by atoms with Gasteiger partial charge in [-0.2, -0.15) is 0 Å². The number of piperidine rings is 1. The van der Waals surface area contributed by atoms with Gasteiger partial charge in [0.05, 0.1) is 12.6 Å². The molecule has 2 heterocycles. The summed E-state index contributed by atoms with van der Waals surface area (Å²) in [5, 5.41) is 0. The molecule has 2 aromatic rings. The van der Waals surface area contributed by atoms with Gasteiger partial charge in [-0.05, 0) is 74.1 Å². The van der Waals surface area contributed by atoms with Crippen LogP contribution < -0.4 is 0 Å². The number of carbonyl (C=O) groups excluding carboxylic acids is 2. The highest BCUT2D eigenvalue weighted by Crippen LogP contribution is 2.44. The van der Waals surface area contributed by atoms with E-state index in [0.717, 1.165) is 62.2 Å². The first-order valence-electron chi connectivity index (χ1n) is 12.3. The van der Waals surface area contributed by atoms with Crippen molar-refractivity contribution in [2.24, 2.45) is 11.3 Å². The van der Waals surface area contributed by atoms with E-state index in [2.05, 4.69) is 4.90 Å². The number of hydrogen-bond acceptors (Lipinski definition) is 3. The Morgan fingerprint density at radius 3 is 2.33 bits per heavy atom. The minimum atomic E-state index is 0.0700. The first-order chi connectivity index (χ1) is 16.0. The maximum atomic E-state index is 13.4. The van der Waals surface area contributed by atoms with E-state index in [4.69, 9.17) is 4.74 Å². The van der Waals surface area contributed by atoms with Gasteiger partial charge in [-0.15, -0.1) is 0 Å². The molecular weight excluding hydrogens is 412 g/mol. The van der Waals surface area contributed by atoms with Crippen LogP contribution in [0.1, 0.15) is 58.4 Å². The molecule has 5 heteroatoms. The van der Waals surface area contributed by atoms with Gasteiger partial charge in [0, 0.05) is 37.4 Å². The van der Waals surface area contributed by atoms with Crippen LogP contribution in [-0.4, -0.2) is 60.5 Å². The quantitative estimate of drug-likeness (QED) is 0.654. The Bertz CT molecular complexity index is 993. The van der Waals surface area contributed by atoms with E-state index in [0.29, 0.717) is 12.5 Å². The minimum absolute atomic E-state index is 0.0700. The molecule has 0 radical (unpaired) electrons. The molecular formula is C28H34N2O3. The number of carbonyl (C=O) groups is 2. The van der Waals surface area contributed by atoms with Crippen molar-refractivity contribution in [2.45, 2.75) is 45.1 Å². The van der Waals surface area contributed by atoms with Crippen molar-refractivity contribution in [3.63, 3.8) is 0 Å². The number of amides is 2. The van der Waals surface area contributed by atoms with E-state index in [9.17, 15) is 9.59 Å². The van der Waals surface area contributed by atoms with Gasteiger partial charge < -0.3 is 14.5 Å². The molecule has 1 spiro atoms. The molecule has 174 valence electrons. The SMILES string of the molecule is Cc1ccccc1C(=O)N1CCC2(CC1)C[C@@H](COCC1CC1)N(C(=O)c1ccccc1)C2. The van der Waals surface area contributed by atoms with E-state index in [-0.39, 0.29) is 23.3 Å². The lowest BCUT2D eigenvalue weighted by Gasteiger charge is -2.39. The summed E-state index contributed by atoms with van der Waals surface area (Å²) < 4.78 is 6.06. The van der Waals surface area contributed by atoms with Crippen LogP contribution in [0.25, 0.3) is 0 Å². The van der Waals surface area contributed by atoms with Gasteiger partial charge in [-0.3, -0.25) is 9.59 Å². The number of rotatable bonds is 6. The maximum absolute atomic E-state index is 13.4. The Hall–Kier alpha value is -2.66. The molecule has 0 unspecified atom stereocenters. The van der Waals surface area contributed by atoms with Gasteiger partial charge in [0.15, 0.2) is 0 Å². The summed E-state index contributed by atoms with van der Waals surface area (Å²) in [5.74, 6) is 0.947. The second kappa shape index (κ2) is 9.30. The van der Waals surface area contributed by atoms with E-state index >= 15 is 0 Å². The summed E-state index contributed by atoms with van der Waals surface area (Å²) in [6.07, 6.45) is 5.37. The van der Waals surface area contributed by atoms with Crippen molar-refractivity contribution in [2.75, 3.05) is 32.8 Å². The fourth-order valence-electron chi connectivity index (χ4n) is 5.48. The Morgan fingerprint density at radius 2 is 1.64 bits per heavy atom. The van der Waals surface area contributed by atoms with Gasteiger partial charge in [-0.1, -0.05) is 36.4 Å². The molecule has 3 aliphatic rings. The molecule has 2 aromatic carbocycles. The largest absolute Gasteiger partial charge is 0.379 e. The highest BCUT2D eigenvalue weighted by molar-refractivity contribution is 5.96. The summed E-state index contributed by atoms with van der Waals surface area (Å²) >= 11 is 0. The predicted molar refractivity (Wildman–Crippen MR) is 128 cm³/mol. The van der Waals surface area contributed by atoms with Gasteiger partial charge in [0.25, 0.3) is 11.8 Å². The standard InChI is InChI=1S/C28H34N2O3/c1-21-7-5-6-10-25(21)27(32)29-15-13-28(14-16-29)17-24(19-33-18-22-11-12-22)30(20-28)26(31)23-8-3-2-4-9-23/h2-10,22,24H,11-20H2,1H3/t24-/m0/s1. The van der Waals surface area contributed by atoms with Crippen LogP contribution in [0, 0.1) is 18.3 Å². The van der Waals surface area contributed by atoms with Crippen LogP contribution in [0.5, 0.6) is 0 Å². The van der Waals surface area contributed by atoms with Crippen molar-refractivity contribution >= 4 is 11.8 Å². The summed E-state index contributed by atoms with van der Waals surface area (Å²) in [7, 11) is 0. The summed E-state index contributed by atoms with van der Waals surface area (Å²) in [6, 6.07) is 17.5. The predicted octanol–water partition coefficient (Wildman–Crippen LogP) is 4.56. The lowest BCUT2D eigenvalue weighted by molar-refractivity contribution is 0.0506. The summed E-state index contributed by atoms with van der Waals surface area (Å²) in [6.45, 7) is 5.67. The molecule has 0 aromatic heterocycles. The second-order valence-corrected chi connectivity index (χ2v) is 10.2. The molecule has 1 saturated carbocycles. The van der Waals surface area contributed by atoms with E-state index in [1.54, 1.807) is 0 Å². The molecule has 0 N–H and O–H groups in total. The van der Waals surface area contributed by atoms with Crippen LogP contribution in [0.15, 0.2) is 54.6 Å². The average molecular weight is 447 g/mol. The van der Waals surface area contributed by atoms with Gasteiger partial charge in [0.1, 0.15) is 0 Å². The first-order valence-corrected chi connectivity index (χ1v) is 12.3. The van der Waals surface area contributed by atoms with Crippen molar-refractivity contribution < 1.29 is 14.3 Å². The second-order valence-electron chi connectivity index (χ2n) is 10.2. The lowest BCUT2D eigenvalue weighted by Crippen LogP contribution is -2.45. The molecule has 1 atom stereocenters. The number of ether oxygens (including phenoxy) is 1. The minimum Gasteiger partial charge on any atom is -0.379 e. The number of likely N-dealkylation sites (tertiary alicyclic amines) is 2. The molecule has 3 fully saturated rings. The molecule has 5 nitrogen and oxygen atoms in total. The van der Waals surface area contributed by atoms with Gasteiger partial charge in [-0.25, -0.2) is 0 Å². The van der Waals surface area contributed by atoms with Crippen LogP contribution >= 0.6 is 0 Å². The summed E-state index contributed by atoms with van der Waals surface area (Å²) in [4.78, 5) is 30.5. The molecule has 33 heavy (non-hydrogen) atoms. The fourth-order valence-corrected chi connectivity index (χ4v) is 5.48. The Morgan fingerprint density at radius 1 is 0.939 bits per heavy atom. The lowest BCUT2D eigenvalue weighted by atomic mass is 9.76. The normalized spacial score (nSPS) is 22.0. The third kappa shape index (κ3) is 4.84. The van der Waals surface area contributed by atoms with E-state index < -0.39 is 0 Å². The summed E-state index contributed by atoms with van der Waals surface area (Å²) in [5.41, 5.74) is 2.64. The van der Waals surface area contributed by atoms with Crippen molar-refractivity contribution in [3.8, 4) is 0 Å². The van der Waals surface area contributed by atoms with Gasteiger partial charge >= 0.3 is 0 Å². The van der Waals surface area contributed by atoms with Crippen LogP contribution in [0.2, 0.25) is 0 Å². The molecule has 5 rings (SSSR count). The number of hydrogen-bond donors (Lipinski definition) is 0. The van der Waals surface area contributed by atoms with E-state index in [1.807, 2.05) is 66.4 Å². The van der Waals surface area contributed by atoms with Crippen molar-refractivity contribution in [1.29, 1.82) is 0 Å². The Labute approximate surface area is 196 Å². The van der Waals surface area contributed by atoms with Crippen molar-refractivity contribution in [3.05, 3.63) is 71.3 Å². The number of benzene rings is 2. The smallest absolute Gasteiger partial charge is 0.254 e. The van der Waals surface area contributed by atoms with E-state index in [1.165, 1.54) is 12.8 Å². The zero-order valence-corrected chi connectivity index (χ0v) is 19.5. The maximum Gasteiger partial charge on any atom is 0.254 e. The van der Waals surface area contributed by atoms with Crippen LogP contribution in [-0.2, 0) is 4.74 Å². The molecule has 1 aliphatic carbocycles. The van der Waals surface area contributed by atoms with Gasteiger partial charge in [0.2, 0.25) is 0 Å². The molecule has 2 amide bonds. The zero-order chi connectivity index (χ0) is 22.8. The molecule has 2 saturated heterocycles. The van der Waals surface area contributed by atoms with Crippen LogP contribution in [0.4, 0.5) is 0 Å². The third-order valence-electron chi connectivity index (χ3n) is 7.74. The number of nitrogens with zero attached hydrogens (tertiary/aromatic N) is 2.